The number of anilines is 1. The number of nitrogens with one attached hydrogen (secondary N) is 2. The van der Waals surface area contributed by atoms with E-state index in [2.05, 4.69) is 15.7 Å². The van der Waals surface area contributed by atoms with Crippen LogP contribution in [0.15, 0.2) is 36.5 Å². The zero-order valence-corrected chi connectivity index (χ0v) is 15.1. The van der Waals surface area contributed by atoms with E-state index in [-0.39, 0.29) is 0 Å². The van der Waals surface area contributed by atoms with Gasteiger partial charge in [0.2, 0.25) is 0 Å². The van der Waals surface area contributed by atoms with Gasteiger partial charge in [-0.2, -0.15) is 9.61 Å². The normalized spacial score (nSPS) is 17.7. The summed E-state index contributed by atoms with van der Waals surface area (Å²) in [5.41, 5.74) is 3.72. The van der Waals surface area contributed by atoms with Crippen LogP contribution in [0.3, 0.4) is 0 Å². The standard InChI is InChI=1S/C18H21BClN5/c19-14-11-23-25-17(22-10-12-4-3-7-21-9-12)8-16(24-18(14)25)13-5-1-2-6-15(13)20/h1-2,5-6,8,11-12,21-22H,3-4,7,9-10,19H2. The van der Waals surface area contributed by atoms with Crippen molar-refractivity contribution in [3.05, 3.63) is 41.6 Å². The SMILES string of the molecule is Bc1cnn2c(NCC3CCCNC3)cc(-c3ccccc3Cl)nc12. The number of hydrogen-bond donors (Lipinski definition) is 2. The Balaban J connectivity index is 1.70. The zero-order chi connectivity index (χ0) is 17.2. The summed E-state index contributed by atoms with van der Waals surface area (Å²) in [4.78, 5) is 4.78. The summed E-state index contributed by atoms with van der Waals surface area (Å²) in [6.45, 7) is 3.12. The fraction of sp³-hybridized carbons (Fsp3) is 0.333. The average molecular weight is 354 g/mol. The van der Waals surface area contributed by atoms with Crippen LogP contribution in [0.1, 0.15) is 12.8 Å². The highest BCUT2D eigenvalue weighted by molar-refractivity contribution is 6.36. The highest BCUT2D eigenvalue weighted by Crippen LogP contribution is 2.28. The van der Waals surface area contributed by atoms with Crippen molar-refractivity contribution in [3.63, 3.8) is 0 Å². The first-order valence-corrected chi connectivity index (χ1v) is 9.15. The molecule has 3 heterocycles. The number of rotatable bonds is 4. The number of nitrogens with zero attached hydrogens (tertiary/aromatic N) is 3. The Kier molecular flexibility index (Phi) is 4.64. The number of benzene rings is 1. The molecule has 2 aromatic heterocycles. The van der Waals surface area contributed by atoms with E-state index >= 15 is 0 Å². The van der Waals surface area contributed by atoms with Gasteiger partial charge in [0, 0.05) is 29.4 Å². The van der Waals surface area contributed by atoms with Crippen LogP contribution in [0.2, 0.25) is 5.02 Å². The molecule has 1 atom stereocenters. The van der Waals surface area contributed by atoms with Crippen molar-refractivity contribution in [1.82, 2.24) is 19.9 Å². The summed E-state index contributed by atoms with van der Waals surface area (Å²) in [6.07, 6.45) is 4.35. The van der Waals surface area contributed by atoms with Crippen molar-refractivity contribution in [3.8, 4) is 11.3 Å². The predicted molar refractivity (Wildman–Crippen MR) is 106 cm³/mol. The van der Waals surface area contributed by atoms with Crippen molar-refractivity contribution in [1.29, 1.82) is 0 Å². The number of fused-ring (bicyclic) bond motifs is 1. The van der Waals surface area contributed by atoms with Crippen LogP contribution in [0, 0.1) is 5.92 Å². The van der Waals surface area contributed by atoms with Crippen LogP contribution in [-0.4, -0.2) is 42.1 Å². The summed E-state index contributed by atoms with van der Waals surface area (Å²) >= 11 is 6.38. The molecule has 1 fully saturated rings. The Morgan fingerprint density at radius 2 is 2.24 bits per heavy atom. The van der Waals surface area contributed by atoms with E-state index < -0.39 is 0 Å². The topological polar surface area (TPSA) is 54.2 Å². The van der Waals surface area contributed by atoms with Gasteiger partial charge in [0.05, 0.1) is 5.69 Å². The number of hydrogen-bond acceptors (Lipinski definition) is 4. The van der Waals surface area contributed by atoms with Crippen LogP contribution < -0.4 is 16.1 Å². The summed E-state index contributed by atoms with van der Waals surface area (Å²) in [5.74, 6) is 1.59. The molecule has 7 heteroatoms. The first-order chi connectivity index (χ1) is 12.2. The van der Waals surface area contributed by atoms with E-state index in [1.807, 2.05) is 48.9 Å². The molecule has 0 amide bonds. The third kappa shape index (κ3) is 3.37. The smallest absolute Gasteiger partial charge is 0.151 e. The minimum absolute atomic E-state index is 0.636. The molecule has 1 aromatic carbocycles. The van der Waals surface area contributed by atoms with Crippen LogP contribution in [-0.2, 0) is 0 Å². The minimum Gasteiger partial charge on any atom is -0.370 e. The molecule has 1 saturated heterocycles. The second-order valence-electron chi connectivity index (χ2n) is 6.66. The molecule has 1 unspecified atom stereocenters. The number of aromatic nitrogens is 3. The van der Waals surface area contributed by atoms with Crippen molar-refractivity contribution in [2.24, 2.45) is 5.92 Å². The first-order valence-electron chi connectivity index (χ1n) is 8.77. The monoisotopic (exact) mass is 353 g/mol. The lowest BCUT2D eigenvalue weighted by Gasteiger charge is -2.23. The van der Waals surface area contributed by atoms with E-state index in [1.165, 1.54) is 12.8 Å². The summed E-state index contributed by atoms with van der Waals surface area (Å²) in [7, 11) is 2.03. The third-order valence-electron chi connectivity index (χ3n) is 4.77. The van der Waals surface area contributed by atoms with E-state index in [9.17, 15) is 0 Å². The maximum atomic E-state index is 6.38. The zero-order valence-electron chi connectivity index (χ0n) is 14.3. The Morgan fingerprint density at radius 3 is 3.04 bits per heavy atom. The Morgan fingerprint density at radius 1 is 1.36 bits per heavy atom. The molecule has 5 nitrogen and oxygen atoms in total. The van der Waals surface area contributed by atoms with E-state index in [0.29, 0.717) is 10.9 Å². The van der Waals surface area contributed by atoms with Crippen LogP contribution in [0.25, 0.3) is 16.9 Å². The summed E-state index contributed by atoms with van der Waals surface area (Å²) in [5, 5.41) is 12.2. The van der Waals surface area contributed by atoms with Gasteiger partial charge >= 0.3 is 0 Å². The van der Waals surface area contributed by atoms with Gasteiger partial charge in [-0.3, -0.25) is 0 Å². The van der Waals surface area contributed by atoms with Crippen LogP contribution >= 0.6 is 11.6 Å². The maximum Gasteiger partial charge on any atom is 0.151 e. The quantitative estimate of drug-likeness (QED) is 0.701. The van der Waals surface area contributed by atoms with Crippen molar-refractivity contribution < 1.29 is 0 Å². The molecule has 1 aliphatic heterocycles. The van der Waals surface area contributed by atoms with Gasteiger partial charge in [-0.25, -0.2) is 4.98 Å². The van der Waals surface area contributed by atoms with Crippen molar-refractivity contribution in [2.75, 3.05) is 25.0 Å². The molecule has 0 radical (unpaired) electrons. The second kappa shape index (κ2) is 7.06. The van der Waals surface area contributed by atoms with Crippen LogP contribution in [0.5, 0.6) is 0 Å². The third-order valence-corrected chi connectivity index (χ3v) is 5.10. The highest BCUT2D eigenvalue weighted by Gasteiger charge is 2.15. The fourth-order valence-electron chi connectivity index (χ4n) is 3.35. The number of halogens is 1. The van der Waals surface area contributed by atoms with Gasteiger partial charge in [-0.1, -0.05) is 29.8 Å². The molecule has 3 aromatic rings. The molecule has 1 aliphatic rings. The predicted octanol–water partition coefficient (Wildman–Crippen LogP) is 1.72. The molecule has 25 heavy (non-hydrogen) atoms. The highest BCUT2D eigenvalue weighted by atomic mass is 35.5. The first kappa shape index (κ1) is 16.4. The van der Waals surface area contributed by atoms with Gasteiger partial charge < -0.3 is 10.6 Å². The molecular weight excluding hydrogens is 332 g/mol. The molecule has 0 aliphatic carbocycles. The Labute approximate surface area is 153 Å². The minimum atomic E-state index is 0.636. The van der Waals surface area contributed by atoms with Gasteiger partial charge in [0.25, 0.3) is 0 Å². The van der Waals surface area contributed by atoms with Crippen molar-refractivity contribution >= 4 is 36.4 Å². The molecule has 0 spiro atoms. The maximum absolute atomic E-state index is 6.38. The molecular formula is C18H21BClN5. The largest absolute Gasteiger partial charge is 0.370 e. The lowest BCUT2D eigenvalue weighted by atomic mass is 9.99. The van der Waals surface area contributed by atoms with Gasteiger partial charge in [-0.15, -0.1) is 0 Å². The number of piperidine rings is 1. The van der Waals surface area contributed by atoms with E-state index in [0.717, 1.165) is 47.8 Å². The molecule has 4 rings (SSSR count). The molecule has 0 saturated carbocycles. The Bertz CT molecular complexity index is 888. The van der Waals surface area contributed by atoms with E-state index in [1.54, 1.807) is 0 Å². The fourth-order valence-corrected chi connectivity index (χ4v) is 3.59. The van der Waals surface area contributed by atoms with Crippen LogP contribution in [0.4, 0.5) is 5.82 Å². The van der Waals surface area contributed by atoms with E-state index in [4.69, 9.17) is 16.6 Å². The molecule has 128 valence electrons. The second-order valence-corrected chi connectivity index (χ2v) is 7.07. The van der Waals surface area contributed by atoms with Gasteiger partial charge in [0.1, 0.15) is 13.7 Å². The lowest BCUT2D eigenvalue weighted by molar-refractivity contribution is 0.392. The molecule has 0 bridgehead atoms. The Hall–Kier alpha value is -2.05. The van der Waals surface area contributed by atoms with Crippen molar-refractivity contribution in [2.45, 2.75) is 12.8 Å². The molecule has 2 N–H and O–H groups in total. The average Bonchev–Trinajstić information content (AvgIpc) is 3.02. The van der Waals surface area contributed by atoms with Gasteiger partial charge in [0.15, 0.2) is 5.65 Å². The lowest BCUT2D eigenvalue weighted by Crippen LogP contribution is -2.33. The van der Waals surface area contributed by atoms with Gasteiger partial charge in [-0.05, 0) is 43.4 Å². The summed E-state index contributed by atoms with van der Waals surface area (Å²) < 4.78 is 1.88. The summed E-state index contributed by atoms with van der Waals surface area (Å²) in [6, 6.07) is 9.85.